The lowest BCUT2D eigenvalue weighted by Gasteiger charge is -2.18. The van der Waals surface area contributed by atoms with Gasteiger partial charge in [-0.15, -0.1) is 0 Å². The fraction of sp³-hybridized carbons (Fsp3) is 0.125. The number of thiocarbonyl (C=S) groups is 1. The molecule has 0 aliphatic rings. The largest absolute Gasteiger partial charge is 0.389 e. The highest BCUT2D eigenvalue weighted by molar-refractivity contribution is 7.80. The molecule has 0 saturated carbocycles. The maximum absolute atomic E-state index is 13.5. The molecule has 0 radical (unpaired) electrons. The number of carbonyl (C=O) groups is 1. The third-order valence-electron chi connectivity index (χ3n) is 3.26. The second kappa shape index (κ2) is 6.01. The first-order valence-electron chi connectivity index (χ1n) is 6.34. The Kier molecular flexibility index (Phi) is 4.33. The molecule has 2 rings (SSSR count). The molecule has 0 aliphatic heterocycles. The van der Waals surface area contributed by atoms with Crippen LogP contribution in [0.2, 0.25) is 0 Å². The van der Waals surface area contributed by atoms with E-state index >= 15 is 0 Å². The molecule has 5 heteroatoms. The van der Waals surface area contributed by atoms with Crippen LogP contribution >= 0.6 is 12.2 Å². The summed E-state index contributed by atoms with van der Waals surface area (Å²) < 4.78 is 13.5. The van der Waals surface area contributed by atoms with E-state index in [1.54, 1.807) is 50.4 Å². The standard InChI is InChI=1S/C16H15FN2OS/c1-10-3-4-12(9-14(10)17)16(20)19(2)13-7-5-11(6-8-13)15(18)21/h3-9H,1-2H3,(H2,18,21). The summed E-state index contributed by atoms with van der Waals surface area (Å²) in [5.74, 6) is -0.671. The number of rotatable bonds is 3. The van der Waals surface area contributed by atoms with E-state index in [9.17, 15) is 9.18 Å². The highest BCUT2D eigenvalue weighted by Gasteiger charge is 2.14. The molecule has 0 unspecified atom stereocenters. The van der Waals surface area contributed by atoms with E-state index in [0.29, 0.717) is 21.8 Å². The minimum Gasteiger partial charge on any atom is -0.389 e. The SMILES string of the molecule is Cc1ccc(C(=O)N(C)c2ccc(C(N)=S)cc2)cc1F. The summed E-state index contributed by atoms with van der Waals surface area (Å²) in [5, 5.41) is 0. The van der Waals surface area contributed by atoms with E-state index in [1.165, 1.54) is 11.0 Å². The van der Waals surface area contributed by atoms with Gasteiger partial charge in [-0.05, 0) is 48.9 Å². The lowest BCUT2D eigenvalue weighted by Crippen LogP contribution is -2.26. The van der Waals surface area contributed by atoms with Gasteiger partial charge in [0, 0.05) is 23.9 Å². The molecule has 2 N–H and O–H groups in total. The van der Waals surface area contributed by atoms with Gasteiger partial charge in [-0.2, -0.15) is 0 Å². The van der Waals surface area contributed by atoms with E-state index in [1.807, 2.05) is 0 Å². The van der Waals surface area contributed by atoms with Crippen LogP contribution in [0, 0.1) is 12.7 Å². The quantitative estimate of drug-likeness (QED) is 0.886. The number of nitrogens with zero attached hydrogens (tertiary/aromatic N) is 1. The summed E-state index contributed by atoms with van der Waals surface area (Å²) in [6, 6.07) is 11.4. The van der Waals surface area contributed by atoms with Crippen molar-refractivity contribution in [3.8, 4) is 0 Å². The Morgan fingerprint density at radius 3 is 2.24 bits per heavy atom. The minimum absolute atomic E-state index is 0.281. The molecule has 2 aromatic rings. The van der Waals surface area contributed by atoms with Gasteiger partial charge in [0.25, 0.3) is 5.91 Å². The molecule has 108 valence electrons. The number of aryl methyl sites for hydroxylation is 1. The first kappa shape index (κ1) is 15.1. The number of nitrogens with two attached hydrogens (primary N) is 1. The molecule has 3 nitrogen and oxygen atoms in total. The minimum atomic E-state index is -0.391. The van der Waals surface area contributed by atoms with Crippen LogP contribution in [0.3, 0.4) is 0 Å². The van der Waals surface area contributed by atoms with Crippen molar-refractivity contribution in [2.75, 3.05) is 11.9 Å². The fourth-order valence-corrected chi connectivity index (χ4v) is 2.02. The molecule has 0 spiro atoms. The number of hydrogen-bond acceptors (Lipinski definition) is 2. The summed E-state index contributed by atoms with van der Waals surface area (Å²) >= 11 is 4.88. The molecule has 0 heterocycles. The Morgan fingerprint density at radius 2 is 1.71 bits per heavy atom. The van der Waals surface area contributed by atoms with Crippen molar-refractivity contribution in [1.82, 2.24) is 0 Å². The molecule has 0 saturated heterocycles. The zero-order valence-corrected chi connectivity index (χ0v) is 12.6. The third kappa shape index (κ3) is 3.25. The zero-order chi connectivity index (χ0) is 15.6. The van der Waals surface area contributed by atoms with E-state index in [0.717, 1.165) is 5.56 Å². The Morgan fingerprint density at radius 1 is 1.14 bits per heavy atom. The Labute approximate surface area is 128 Å². The fourth-order valence-electron chi connectivity index (χ4n) is 1.89. The van der Waals surface area contributed by atoms with Crippen molar-refractivity contribution in [2.24, 2.45) is 5.73 Å². The molecular formula is C16H15FN2OS. The van der Waals surface area contributed by atoms with Crippen LogP contribution < -0.4 is 10.6 Å². The number of carbonyl (C=O) groups excluding carboxylic acids is 1. The smallest absolute Gasteiger partial charge is 0.258 e. The van der Waals surface area contributed by atoms with Gasteiger partial charge in [0.05, 0.1) is 0 Å². The highest BCUT2D eigenvalue weighted by Crippen LogP contribution is 2.18. The number of amides is 1. The summed E-state index contributed by atoms with van der Waals surface area (Å²) in [5.41, 5.74) is 7.76. The van der Waals surface area contributed by atoms with Crippen LogP contribution in [0.5, 0.6) is 0 Å². The zero-order valence-electron chi connectivity index (χ0n) is 11.8. The van der Waals surface area contributed by atoms with Crippen molar-refractivity contribution in [2.45, 2.75) is 6.92 Å². The average Bonchev–Trinajstić information content (AvgIpc) is 2.48. The first-order valence-corrected chi connectivity index (χ1v) is 6.75. The van der Waals surface area contributed by atoms with Crippen LogP contribution in [-0.4, -0.2) is 17.9 Å². The molecule has 2 aromatic carbocycles. The topological polar surface area (TPSA) is 46.3 Å². The lowest BCUT2D eigenvalue weighted by molar-refractivity contribution is 0.0992. The predicted octanol–water partition coefficient (Wildman–Crippen LogP) is 3.04. The molecule has 0 bridgehead atoms. The van der Waals surface area contributed by atoms with Gasteiger partial charge in [0.15, 0.2) is 0 Å². The van der Waals surface area contributed by atoms with Gasteiger partial charge in [-0.1, -0.05) is 18.3 Å². The lowest BCUT2D eigenvalue weighted by atomic mass is 10.1. The van der Waals surface area contributed by atoms with Gasteiger partial charge in [0.2, 0.25) is 0 Å². The van der Waals surface area contributed by atoms with Gasteiger partial charge >= 0.3 is 0 Å². The Bertz CT molecular complexity index is 698. The van der Waals surface area contributed by atoms with Crippen molar-refractivity contribution in [3.05, 3.63) is 65.0 Å². The monoisotopic (exact) mass is 302 g/mol. The summed E-state index contributed by atoms with van der Waals surface area (Å²) in [6.07, 6.45) is 0. The second-order valence-electron chi connectivity index (χ2n) is 4.74. The predicted molar refractivity (Wildman–Crippen MR) is 86.2 cm³/mol. The first-order chi connectivity index (χ1) is 9.90. The molecule has 21 heavy (non-hydrogen) atoms. The molecule has 0 atom stereocenters. The van der Waals surface area contributed by atoms with E-state index in [4.69, 9.17) is 18.0 Å². The van der Waals surface area contributed by atoms with Crippen LogP contribution in [0.25, 0.3) is 0 Å². The normalized spacial score (nSPS) is 10.2. The number of hydrogen-bond donors (Lipinski definition) is 1. The number of anilines is 1. The average molecular weight is 302 g/mol. The van der Waals surface area contributed by atoms with Gasteiger partial charge in [-0.25, -0.2) is 4.39 Å². The van der Waals surface area contributed by atoms with Crippen molar-refractivity contribution in [3.63, 3.8) is 0 Å². The summed E-state index contributed by atoms with van der Waals surface area (Å²) in [7, 11) is 1.63. The van der Waals surface area contributed by atoms with E-state index in [-0.39, 0.29) is 5.91 Å². The van der Waals surface area contributed by atoms with Gasteiger partial charge in [-0.3, -0.25) is 4.79 Å². The van der Waals surface area contributed by atoms with Crippen LogP contribution in [0.15, 0.2) is 42.5 Å². The molecular weight excluding hydrogens is 287 g/mol. The van der Waals surface area contributed by atoms with Crippen molar-refractivity contribution in [1.29, 1.82) is 0 Å². The highest BCUT2D eigenvalue weighted by atomic mass is 32.1. The molecule has 0 fully saturated rings. The van der Waals surface area contributed by atoms with Gasteiger partial charge in [0.1, 0.15) is 10.8 Å². The summed E-state index contributed by atoms with van der Waals surface area (Å²) in [6.45, 7) is 1.65. The van der Waals surface area contributed by atoms with Crippen molar-refractivity contribution >= 4 is 28.8 Å². The Balaban J connectivity index is 2.25. The molecule has 1 amide bonds. The van der Waals surface area contributed by atoms with E-state index in [2.05, 4.69) is 0 Å². The number of halogens is 1. The van der Waals surface area contributed by atoms with Crippen LogP contribution in [0.4, 0.5) is 10.1 Å². The third-order valence-corrected chi connectivity index (χ3v) is 3.50. The maximum Gasteiger partial charge on any atom is 0.258 e. The van der Waals surface area contributed by atoms with Crippen LogP contribution in [0.1, 0.15) is 21.5 Å². The summed E-state index contributed by atoms with van der Waals surface area (Å²) in [4.78, 5) is 14.1. The second-order valence-corrected chi connectivity index (χ2v) is 5.18. The maximum atomic E-state index is 13.5. The molecule has 0 aliphatic carbocycles. The van der Waals surface area contributed by atoms with E-state index < -0.39 is 5.82 Å². The number of benzene rings is 2. The molecule has 0 aromatic heterocycles. The van der Waals surface area contributed by atoms with Crippen LogP contribution in [-0.2, 0) is 0 Å². The van der Waals surface area contributed by atoms with Crippen molar-refractivity contribution < 1.29 is 9.18 Å². The Hall–Kier alpha value is -2.27. The van der Waals surface area contributed by atoms with Gasteiger partial charge < -0.3 is 10.6 Å².